The number of carbonyl (C=O) groups excluding carboxylic acids is 1. The van der Waals surface area contributed by atoms with Crippen molar-refractivity contribution >= 4 is 22.7 Å². The van der Waals surface area contributed by atoms with Crippen LogP contribution in [0.1, 0.15) is 12.0 Å². The first kappa shape index (κ1) is 20.3. The second-order valence-electron chi connectivity index (χ2n) is 7.65. The van der Waals surface area contributed by atoms with Crippen LogP contribution in [0.3, 0.4) is 0 Å². The molecule has 3 aromatic rings. The maximum Gasteiger partial charge on any atom is 0.419 e. The third-order valence-corrected chi connectivity index (χ3v) is 5.52. The number of rotatable bonds is 6. The van der Waals surface area contributed by atoms with Crippen molar-refractivity contribution in [2.75, 3.05) is 38.0 Å². The van der Waals surface area contributed by atoms with E-state index in [0.29, 0.717) is 29.8 Å². The van der Waals surface area contributed by atoms with E-state index in [1.807, 2.05) is 12.1 Å². The van der Waals surface area contributed by atoms with Crippen molar-refractivity contribution in [3.8, 4) is 0 Å². The summed E-state index contributed by atoms with van der Waals surface area (Å²) in [6.45, 7) is 5.14. The van der Waals surface area contributed by atoms with Crippen molar-refractivity contribution < 1.29 is 13.6 Å². The van der Waals surface area contributed by atoms with E-state index >= 15 is 0 Å². The average Bonchev–Trinajstić information content (AvgIpc) is 3.02. The van der Waals surface area contributed by atoms with Crippen molar-refractivity contribution in [3.63, 3.8) is 0 Å². The molecule has 0 spiro atoms. The van der Waals surface area contributed by atoms with Crippen LogP contribution in [-0.4, -0.2) is 53.0 Å². The maximum absolute atomic E-state index is 13.0. The minimum atomic E-state index is -0.424. The molecular formula is C22H25FN4O3. The van der Waals surface area contributed by atoms with Gasteiger partial charge in [0.2, 0.25) is 5.91 Å². The molecule has 2 aromatic carbocycles. The second kappa shape index (κ2) is 8.81. The molecular weight excluding hydrogens is 387 g/mol. The zero-order valence-corrected chi connectivity index (χ0v) is 16.9. The molecule has 7 nitrogen and oxygen atoms in total. The Morgan fingerprint density at radius 3 is 2.50 bits per heavy atom. The number of nitrogens with zero attached hydrogens (tertiary/aromatic N) is 3. The molecule has 0 radical (unpaired) electrons. The van der Waals surface area contributed by atoms with Gasteiger partial charge in [0, 0.05) is 64.5 Å². The molecule has 1 amide bonds. The Hall–Kier alpha value is -2.97. The van der Waals surface area contributed by atoms with Crippen molar-refractivity contribution in [2.45, 2.75) is 13.0 Å². The summed E-state index contributed by atoms with van der Waals surface area (Å²) in [6, 6.07) is 11.8. The van der Waals surface area contributed by atoms with Crippen molar-refractivity contribution in [3.05, 3.63) is 64.4 Å². The minimum absolute atomic E-state index is 0.0682. The summed E-state index contributed by atoms with van der Waals surface area (Å²) in [5, 5.41) is 2.87. The van der Waals surface area contributed by atoms with Gasteiger partial charge in [0.15, 0.2) is 5.58 Å². The predicted molar refractivity (Wildman–Crippen MR) is 113 cm³/mol. The highest BCUT2D eigenvalue weighted by atomic mass is 19.1. The van der Waals surface area contributed by atoms with E-state index in [4.69, 9.17) is 4.42 Å². The largest absolute Gasteiger partial charge is 0.419 e. The third-order valence-electron chi connectivity index (χ3n) is 5.52. The van der Waals surface area contributed by atoms with Gasteiger partial charge >= 0.3 is 5.76 Å². The predicted octanol–water partition coefficient (Wildman–Crippen LogP) is 2.42. The van der Waals surface area contributed by atoms with Crippen LogP contribution in [0, 0.1) is 5.82 Å². The smallest absolute Gasteiger partial charge is 0.408 e. The van der Waals surface area contributed by atoms with E-state index in [9.17, 15) is 14.0 Å². The zero-order valence-electron chi connectivity index (χ0n) is 16.9. The Bertz CT molecular complexity index is 1080. The lowest BCUT2D eigenvalue weighted by Gasteiger charge is -2.34. The van der Waals surface area contributed by atoms with Crippen LogP contribution < -0.4 is 11.1 Å². The van der Waals surface area contributed by atoms with Gasteiger partial charge < -0.3 is 14.6 Å². The Morgan fingerprint density at radius 1 is 1.07 bits per heavy atom. The fraction of sp³-hybridized carbons (Fsp3) is 0.364. The van der Waals surface area contributed by atoms with Crippen molar-refractivity contribution in [2.24, 2.45) is 7.05 Å². The first-order valence-corrected chi connectivity index (χ1v) is 10.1. The van der Waals surface area contributed by atoms with E-state index in [1.165, 1.54) is 16.7 Å². The molecule has 0 unspecified atom stereocenters. The highest BCUT2D eigenvalue weighted by Gasteiger charge is 2.18. The van der Waals surface area contributed by atoms with E-state index in [1.54, 1.807) is 25.2 Å². The molecule has 30 heavy (non-hydrogen) atoms. The maximum atomic E-state index is 13.0. The molecule has 158 valence electrons. The minimum Gasteiger partial charge on any atom is -0.408 e. The Balaban J connectivity index is 1.22. The van der Waals surface area contributed by atoms with E-state index in [2.05, 4.69) is 15.1 Å². The van der Waals surface area contributed by atoms with Gasteiger partial charge in [-0.2, -0.15) is 0 Å². The second-order valence-corrected chi connectivity index (χ2v) is 7.65. The fourth-order valence-corrected chi connectivity index (χ4v) is 3.71. The molecule has 1 aliphatic rings. The Kier molecular flexibility index (Phi) is 5.96. The molecule has 1 aromatic heterocycles. The monoisotopic (exact) mass is 412 g/mol. The fourth-order valence-electron chi connectivity index (χ4n) is 3.71. The van der Waals surface area contributed by atoms with Crippen LogP contribution in [0.5, 0.6) is 0 Å². The van der Waals surface area contributed by atoms with Gasteiger partial charge in [0.05, 0.1) is 5.52 Å². The average molecular weight is 412 g/mol. The van der Waals surface area contributed by atoms with Gasteiger partial charge in [-0.3, -0.25) is 14.3 Å². The Morgan fingerprint density at radius 2 is 1.77 bits per heavy atom. The summed E-state index contributed by atoms with van der Waals surface area (Å²) >= 11 is 0. The standard InChI is InChI=1S/C22H25FN4O3/c1-25-19-7-6-18(14-20(19)30-22(25)29)24-21(28)8-9-26-10-12-27(13-11-26)15-16-2-4-17(23)5-3-16/h2-7,14H,8-13,15H2,1H3,(H,24,28). The number of benzene rings is 2. The molecule has 2 heterocycles. The van der Waals surface area contributed by atoms with Crippen LogP contribution in [-0.2, 0) is 18.4 Å². The number of hydrogen-bond donors (Lipinski definition) is 1. The molecule has 4 rings (SSSR count). The lowest BCUT2D eigenvalue weighted by atomic mass is 10.2. The number of carbonyl (C=O) groups is 1. The quantitative estimate of drug-likeness (QED) is 0.673. The van der Waals surface area contributed by atoms with Crippen LogP contribution in [0.15, 0.2) is 51.7 Å². The van der Waals surface area contributed by atoms with Gasteiger partial charge in [-0.1, -0.05) is 12.1 Å². The van der Waals surface area contributed by atoms with Gasteiger partial charge in [-0.15, -0.1) is 0 Å². The number of fused-ring (bicyclic) bond motifs is 1. The van der Waals surface area contributed by atoms with Crippen molar-refractivity contribution in [1.29, 1.82) is 0 Å². The number of piperazine rings is 1. The molecule has 8 heteroatoms. The van der Waals surface area contributed by atoms with Crippen molar-refractivity contribution in [1.82, 2.24) is 14.4 Å². The molecule has 0 aliphatic carbocycles. The lowest BCUT2D eigenvalue weighted by molar-refractivity contribution is -0.116. The number of anilines is 1. The van der Waals surface area contributed by atoms with Crippen LogP contribution in [0.25, 0.3) is 11.1 Å². The SMILES string of the molecule is Cn1c(=O)oc2cc(NC(=O)CCN3CCN(Cc4ccc(F)cc4)CC3)ccc21. The number of nitrogens with one attached hydrogen (secondary N) is 1. The molecule has 0 atom stereocenters. The number of aryl methyl sites for hydroxylation is 1. The number of amides is 1. The highest BCUT2D eigenvalue weighted by molar-refractivity contribution is 5.92. The van der Waals surface area contributed by atoms with E-state index in [0.717, 1.165) is 38.3 Å². The van der Waals surface area contributed by atoms with Gasteiger partial charge in [-0.05, 0) is 29.8 Å². The summed E-state index contributed by atoms with van der Waals surface area (Å²) < 4.78 is 19.6. The first-order valence-electron chi connectivity index (χ1n) is 10.1. The topological polar surface area (TPSA) is 70.7 Å². The highest BCUT2D eigenvalue weighted by Crippen LogP contribution is 2.18. The molecule has 0 bridgehead atoms. The summed E-state index contributed by atoms with van der Waals surface area (Å²) in [5.74, 6) is -0.705. The van der Waals surface area contributed by atoms with Crippen LogP contribution in [0.4, 0.5) is 10.1 Å². The summed E-state index contributed by atoms with van der Waals surface area (Å²) in [6.07, 6.45) is 0.398. The summed E-state index contributed by atoms with van der Waals surface area (Å²) in [5.41, 5.74) is 2.87. The van der Waals surface area contributed by atoms with E-state index in [-0.39, 0.29) is 11.7 Å². The number of oxazole rings is 1. The molecule has 1 N–H and O–H groups in total. The third kappa shape index (κ3) is 4.77. The van der Waals surface area contributed by atoms with E-state index < -0.39 is 5.76 Å². The normalized spacial score (nSPS) is 15.5. The Labute approximate surface area is 173 Å². The van der Waals surface area contributed by atoms with Crippen LogP contribution >= 0.6 is 0 Å². The number of hydrogen-bond acceptors (Lipinski definition) is 5. The number of aromatic nitrogens is 1. The van der Waals surface area contributed by atoms with Gasteiger partial charge in [0.1, 0.15) is 5.82 Å². The van der Waals surface area contributed by atoms with Gasteiger partial charge in [0.25, 0.3) is 0 Å². The molecule has 1 saturated heterocycles. The molecule has 1 aliphatic heterocycles. The summed E-state index contributed by atoms with van der Waals surface area (Å²) in [4.78, 5) is 28.5. The van der Waals surface area contributed by atoms with Gasteiger partial charge in [-0.25, -0.2) is 9.18 Å². The zero-order chi connectivity index (χ0) is 21.1. The molecule has 1 fully saturated rings. The lowest BCUT2D eigenvalue weighted by Crippen LogP contribution is -2.46. The summed E-state index contributed by atoms with van der Waals surface area (Å²) in [7, 11) is 1.64. The molecule has 0 saturated carbocycles. The van der Waals surface area contributed by atoms with Crippen LogP contribution in [0.2, 0.25) is 0 Å². The first-order chi connectivity index (χ1) is 14.5. The number of halogens is 1.